The SMILES string of the molecule is COc1ccc(-n2c(SCC(=O)N(C)C)nnc2-c2ccc(Cl)cc2)cc1. The van der Waals surface area contributed by atoms with Crippen molar-refractivity contribution in [3.8, 4) is 22.8 Å². The predicted octanol–water partition coefficient (Wildman–Crippen LogP) is 3.78. The third-order valence-electron chi connectivity index (χ3n) is 3.89. The largest absolute Gasteiger partial charge is 0.497 e. The predicted molar refractivity (Wildman–Crippen MR) is 108 cm³/mol. The van der Waals surface area contributed by atoms with Crippen LogP contribution in [0.4, 0.5) is 0 Å². The van der Waals surface area contributed by atoms with Crippen LogP contribution in [0.25, 0.3) is 17.1 Å². The minimum atomic E-state index is 0.0114. The average molecular weight is 403 g/mol. The Morgan fingerprint density at radius 2 is 1.78 bits per heavy atom. The zero-order chi connectivity index (χ0) is 19.4. The molecule has 0 fully saturated rings. The monoisotopic (exact) mass is 402 g/mol. The Kier molecular flexibility index (Phi) is 6.03. The van der Waals surface area contributed by atoms with Gasteiger partial charge in [0.25, 0.3) is 0 Å². The number of halogens is 1. The van der Waals surface area contributed by atoms with Crippen LogP contribution < -0.4 is 4.74 Å². The first-order valence-corrected chi connectivity index (χ1v) is 9.54. The lowest BCUT2D eigenvalue weighted by molar-refractivity contribution is -0.125. The van der Waals surface area contributed by atoms with Crippen LogP contribution in [0.5, 0.6) is 5.75 Å². The van der Waals surface area contributed by atoms with Gasteiger partial charge in [-0.1, -0.05) is 23.4 Å². The summed E-state index contributed by atoms with van der Waals surface area (Å²) in [5.41, 5.74) is 1.76. The van der Waals surface area contributed by atoms with Crippen molar-refractivity contribution in [2.75, 3.05) is 27.0 Å². The summed E-state index contributed by atoms with van der Waals surface area (Å²) in [5, 5.41) is 9.95. The topological polar surface area (TPSA) is 60.2 Å². The van der Waals surface area contributed by atoms with E-state index in [2.05, 4.69) is 10.2 Å². The first-order chi connectivity index (χ1) is 13.0. The van der Waals surface area contributed by atoms with E-state index in [1.54, 1.807) is 26.1 Å². The summed E-state index contributed by atoms with van der Waals surface area (Å²) < 4.78 is 7.17. The molecule has 3 aromatic rings. The zero-order valence-corrected chi connectivity index (χ0v) is 16.8. The maximum absolute atomic E-state index is 12.0. The van der Waals surface area contributed by atoms with Crippen LogP contribution in [0.15, 0.2) is 53.7 Å². The lowest BCUT2D eigenvalue weighted by Gasteiger charge is -2.12. The van der Waals surface area contributed by atoms with Crippen LogP contribution in [0.3, 0.4) is 0 Å². The first-order valence-electron chi connectivity index (χ1n) is 8.18. The molecule has 1 amide bonds. The van der Waals surface area contributed by atoms with E-state index in [0.717, 1.165) is 17.0 Å². The maximum Gasteiger partial charge on any atom is 0.232 e. The Balaban J connectivity index is 2.02. The molecular weight excluding hydrogens is 384 g/mol. The van der Waals surface area contributed by atoms with Gasteiger partial charge in [-0.25, -0.2) is 0 Å². The standard InChI is InChI=1S/C19H19ClN4O2S/c1-23(2)17(25)12-27-19-22-21-18(13-4-6-14(20)7-5-13)24(19)15-8-10-16(26-3)11-9-15/h4-11H,12H2,1-3H3. The third-order valence-corrected chi connectivity index (χ3v) is 5.06. The number of hydrogen-bond acceptors (Lipinski definition) is 5. The average Bonchev–Trinajstić information content (AvgIpc) is 3.10. The number of aromatic nitrogens is 3. The smallest absolute Gasteiger partial charge is 0.232 e. The van der Waals surface area contributed by atoms with Crippen LogP contribution >= 0.6 is 23.4 Å². The summed E-state index contributed by atoms with van der Waals surface area (Å²) in [7, 11) is 5.09. The molecule has 0 aliphatic carbocycles. The molecule has 0 N–H and O–H groups in total. The Labute approximate surface area is 167 Å². The van der Waals surface area contributed by atoms with Gasteiger partial charge < -0.3 is 9.64 Å². The molecule has 0 aliphatic rings. The molecular formula is C19H19ClN4O2S. The Bertz CT molecular complexity index is 924. The van der Waals surface area contributed by atoms with E-state index in [9.17, 15) is 4.79 Å². The van der Waals surface area contributed by atoms with Crippen molar-refractivity contribution in [1.29, 1.82) is 0 Å². The van der Waals surface area contributed by atoms with E-state index in [1.165, 1.54) is 11.8 Å². The number of nitrogens with zero attached hydrogens (tertiary/aromatic N) is 4. The fourth-order valence-corrected chi connectivity index (χ4v) is 3.43. The van der Waals surface area contributed by atoms with Crippen molar-refractivity contribution in [2.24, 2.45) is 0 Å². The Hall–Kier alpha value is -2.51. The van der Waals surface area contributed by atoms with Crippen LogP contribution in [-0.4, -0.2) is 52.5 Å². The van der Waals surface area contributed by atoms with Gasteiger partial charge in [0.15, 0.2) is 11.0 Å². The molecule has 0 saturated heterocycles. The number of benzene rings is 2. The highest BCUT2D eigenvalue weighted by Gasteiger charge is 2.18. The lowest BCUT2D eigenvalue weighted by atomic mass is 10.2. The highest BCUT2D eigenvalue weighted by atomic mass is 35.5. The van der Waals surface area contributed by atoms with Crippen LogP contribution in [0, 0.1) is 0 Å². The fraction of sp³-hybridized carbons (Fsp3) is 0.211. The van der Waals surface area contributed by atoms with Gasteiger partial charge >= 0.3 is 0 Å². The second kappa shape index (κ2) is 8.45. The number of carbonyl (C=O) groups excluding carboxylic acids is 1. The van der Waals surface area contributed by atoms with Crippen molar-refractivity contribution in [3.05, 3.63) is 53.6 Å². The van der Waals surface area contributed by atoms with Gasteiger partial charge in [-0.2, -0.15) is 0 Å². The molecule has 1 aromatic heterocycles. The number of methoxy groups -OCH3 is 1. The molecule has 6 nitrogen and oxygen atoms in total. The molecule has 0 unspecified atom stereocenters. The zero-order valence-electron chi connectivity index (χ0n) is 15.2. The van der Waals surface area contributed by atoms with Gasteiger partial charge in [0, 0.05) is 30.4 Å². The second-order valence-electron chi connectivity index (χ2n) is 5.92. The molecule has 0 spiro atoms. The minimum Gasteiger partial charge on any atom is -0.497 e. The van der Waals surface area contributed by atoms with Crippen molar-refractivity contribution in [1.82, 2.24) is 19.7 Å². The number of ether oxygens (including phenoxy) is 1. The maximum atomic E-state index is 12.0. The van der Waals surface area contributed by atoms with Gasteiger partial charge in [-0.05, 0) is 48.5 Å². The molecule has 0 aliphatic heterocycles. The summed E-state index contributed by atoms with van der Waals surface area (Å²) >= 11 is 7.35. The Morgan fingerprint density at radius 1 is 1.11 bits per heavy atom. The summed E-state index contributed by atoms with van der Waals surface area (Å²) in [6, 6.07) is 15.0. The normalized spacial score (nSPS) is 10.7. The molecule has 2 aromatic carbocycles. The van der Waals surface area contributed by atoms with E-state index < -0.39 is 0 Å². The minimum absolute atomic E-state index is 0.0114. The van der Waals surface area contributed by atoms with Crippen LogP contribution in [0.2, 0.25) is 5.02 Å². The molecule has 1 heterocycles. The number of carbonyl (C=O) groups is 1. The Morgan fingerprint density at radius 3 is 2.37 bits per heavy atom. The van der Waals surface area contributed by atoms with Gasteiger partial charge in [-0.3, -0.25) is 9.36 Å². The number of amides is 1. The fourth-order valence-electron chi connectivity index (χ4n) is 2.37. The quantitative estimate of drug-likeness (QED) is 0.587. The highest BCUT2D eigenvalue weighted by Crippen LogP contribution is 2.29. The molecule has 0 atom stereocenters. The summed E-state index contributed by atoms with van der Waals surface area (Å²) in [6.07, 6.45) is 0. The molecule has 0 saturated carbocycles. The van der Waals surface area contributed by atoms with Crippen molar-refractivity contribution >= 4 is 29.3 Å². The second-order valence-corrected chi connectivity index (χ2v) is 7.30. The first kappa shape index (κ1) is 19.3. The number of hydrogen-bond donors (Lipinski definition) is 0. The summed E-state index contributed by atoms with van der Waals surface area (Å²) in [4.78, 5) is 13.5. The van der Waals surface area contributed by atoms with Crippen molar-refractivity contribution in [2.45, 2.75) is 5.16 Å². The van der Waals surface area contributed by atoms with Gasteiger partial charge in [0.05, 0.1) is 12.9 Å². The molecule has 0 radical (unpaired) electrons. The third kappa shape index (κ3) is 4.43. The van der Waals surface area contributed by atoms with Crippen molar-refractivity contribution < 1.29 is 9.53 Å². The molecule has 8 heteroatoms. The summed E-state index contributed by atoms with van der Waals surface area (Å²) in [5.74, 6) is 1.73. The summed E-state index contributed by atoms with van der Waals surface area (Å²) in [6.45, 7) is 0. The van der Waals surface area contributed by atoms with Gasteiger partial charge in [-0.15, -0.1) is 10.2 Å². The van der Waals surface area contributed by atoms with E-state index in [4.69, 9.17) is 16.3 Å². The van der Waals surface area contributed by atoms with Crippen LogP contribution in [-0.2, 0) is 4.79 Å². The lowest BCUT2D eigenvalue weighted by Crippen LogP contribution is -2.23. The van der Waals surface area contributed by atoms with Gasteiger partial charge in [0.1, 0.15) is 5.75 Å². The molecule has 140 valence electrons. The molecule has 27 heavy (non-hydrogen) atoms. The number of rotatable bonds is 6. The highest BCUT2D eigenvalue weighted by molar-refractivity contribution is 7.99. The van der Waals surface area contributed by atoms with E-state index in [1.807, 2.05) is 53.1 Å². The molecule has 0 bridgehead atoms. The molecule has 3 rings (SSSR count). The van der Waals surface area contributed by atoms with Crippen molar-refractivity contribution in [3.63, 3.8) is 0 Å². The van der Waals surface area contributed by atoms with E-state index >= 15 is 0 Å². The van der Waals surface area contributed by atoms with Gasteiger partial charge in [0.2, 0.25) is 5.91 Å². The number of thioether (sulfide) groups is 1. The van der Waals surface area contributed by atoms with E-state index in [-0.39, 0.29) is 11.7 Å². The van der Waals surface area contributed by atoms with E-state index in [0.29, 0.717) is 16.0 Å². The van der Waals surface area contributed by atoms with Crippen LogP contribution in [0.1, 0.15) is 0 Å².